The van der Waals surface area contributed by atoms with Crippen molar-refractivity contribution in [3.05, 3.63) is 48.0 Å². The van der Waals surface area contributed by atoms with Crippen molar-refractivity contribution in [2.75, 3.05) is 13.1 Å². The summed E-state index contributed by atoms with van der Waals surface area (Å²) in [5.41, 5.74) is 6.17. The van der Waals surface area contributed by atoms with Gasteiger partial charge in [-0.1, -0.05) is 19.1 Å². The average Bonchev–Trinajstić information content (AvgIpc) is 3.04. The Kier molecular flexibility index (Phi) is 6.02. The Morgan fingerprint density at radius 2 is 2.08 bits per heavy atom. The number of carbonyl (C=O) groups is 1. The van der Waals surface area contributed by atoms with Crippen molar-refractivity contribution in [2.24, 2.45) is 11.7 Å². The molecule has 3 rings (SSSR count). The lowest BCUT2D eigenvalue weighted by Crippen LogP contribution is -2.49. The lowest BCUT2D eigenvalue weighted by Gasteiger charge is -2.37. The van der Waals surface area contributed by atoms with E-state index >= 15 is 0 Å². The minimum absolute atomic E-state index is 0. The Labute approximate surface area is 147 Å². The van der Waals surface area contributed by atoms with Gasteiger partial charge in [0, 0.05) is 19.1 Å². The van der Waals surface area contributed by atoms with E-state index in [1.807, 2.05) is 0 Å². The fourth-order valence-corrected chi connectivity index (χ4v) is 3.14. The lowest BCUT2D eigenvalue weighted by molar-refractivity contribution is 0.0542. The van der Waals surface area contributed by atoms with E-state index in [0.717, 1.165) is 12.8 Å². The van der Waals surface area contributed by atoms with Crippen LogP contribution < -0.4 is 5.73 Å². The average molecular weight is 353 g/mol. The quantitative estimate of drug-likeness (QED) is 0.916. The van der Waals surface area contributed by atoms with Gasteiger partial charge in [0.05, 0.1) is 5.56 Å². The molecule has 1 saturated heterocycles. The Morgan fingerprint density at radius 3 is 2.79 bits per heavy atom. The summed E-state index contributed by atoms with van der Waals surface area (Å²) in [5, 5.41) is 0. The molecule has 0 bridgehead atoms. The van der Waals surface area contributed by atoms with Gasteiger partial charge in [0.2, 0.25) is 0 Å². The van der Waals surface area contributed by atoms with E-state index in [4.69, 9.17) is 10.2 Å². The van der Waals surface area contributed by atoms with Gasteiger partial charge < -0.3 is 15.1 Å². The first kappa shape index (κ1) is 18.5. The molecule has 0 saturated carbocycles. The van der Waals surface area contributed by atoms with E-state index < -0.39 is 0 Å². The molecule has 0 radical (unpaired) electrons. The second-order valence-corrected chi connectivity index (χ2v) is 6.16. The predicted octanol–water partition coefficient (Wildman–Crippen LogP) is 3.71. The van der Waals surface area contributed by atoms with Crippen LogP contribution in [0.25, 0.3) is 11.3 Å². The van der Waals surface area contributed by atoms with Crippen LogP contribution in [0.2, 0.25) is 0 Å². The fraction of sp³-hybridized carbons (Fsp3) is 0.389. The first-order valence-electron chi connectivity index (χ1n) is 7.96. The van der Waals surface area contributed by atoms with Crippen LogP contribution in [0.4, 0.5) is 4.39 Å². The van der Waals surface area contributed by atoms with Crippen molar-refractivity contribution in [1.29, 1.82) is 0 Å². The van der Waals surface area contributed by atoms with Gasteiger partial charge in [-0.05, 0) is 43.0 Å². The van der Waals surface area contributed by atoms with Crippen molar-refractivity contribution in [1.82, 2.24) is 4.90 Å². The molecule has 24 heavy (non-hydrogen) atoms. The van der Waals surface area contributed by atoms with Crippen molar-refractivity contribution < 1.29 is 13.6 Å². The van der Waals surface area contributed by atoms with Crippen LogP contribution in [0.3, 0.4) is 0 Å². The van der Waals surface area contributed by atoms with Crippen LogP contribution in [0.1, 0.15) is 30.3 Å². The largest absolute Gasteiger partial charge is 0.451 e. The van der Waals surface area contributed by atoms with Crippen LogP contribution in [-0.4, -0.2) is 29.9 Å². The van der Waals surface area contributed by atoms with Crippen LogP contribution in [0, 0.1) is 11.7 Å². The zero-order chi connectivity index (χ0) is 16.4. The first-order chi connectivity index (χ1) is 11.1. The molecule has 1 fully saturated rings. The number of hydrogen-bond donors (Lipinski definition) is 1. The predicted molar refractivity (Wildman–Crippen MR) is 93.6 cm³/mol. The van der Waals surface area contributed by atoms with Crippen molar-refractivity contribution in [3.63, 3.8) is 0 Å². The summed E-state index contributed by atoms with van der Waals surface area (Å²) in [4.78, 5) is 14.5. The molecule has 1 aromatic carbocycles. The zero-order valence-electron chi connectivity index (χ0n) is 13.6. The third kappa shape index (κ3) is 3.62. The standard InChI is InChI=1S/C18H21FN2O2.ClH/c1-12-8-9-21(13(10-12)11-20)18(22)17-7-6-16(23-17)14-4-2-3-5-15(14)19;/h2-7,12-13H,8-11,20H2,1H3;1H. The number of halogens is 2. The van der Waals surface area contributed by atoms with E-state index in [2.05, 4.69) is 6.92 Å². The first-order valence-corrected chi connectivity index (χ1v) is 7.96. The second-order valence-electron chi connectivity index (χ2n) is 6.16. The van der Waals surface area contributed by atoms with Gasteiger partial charge in [-0.3, -0.25) is 4.79 Å². The number of furan rings is 1. The van der Waals surface area contributed by atoms with Gasteiger partial charge >= 0.3 is 0 Å². The molecule has 1 aliphatic heterocycles. The molecule has 2 unspecified atom stereocenters. The summed E-state index contributed by atoms with van der Waals surface area (Å²) in [5.74, 6) is 0.623. The molecule has 1 aliphatic rings. The van der Waals surface area contributed by atoms with E-state index in [9.17, 15) is 9.18 Å². The van der Waals surface area contributed by atoms with Gasteiger partial charge in [0.25, 0.3) is 5.91 Å². The highest BCUT2D eigenvalue weighted by Crippen LogP contribution is 2.28. The smallest absolute Gasteiger partial charge is 0.289 e. The maximum atomic E-state index is 13.8. The van der Waals surface area contributed by atoms with Crippen LogP contribution >= 0.6 is 12.4 Å². The van der Waals surface area contributed by atoms with Crippen LogP contribution in [-0.2, 0) is 0 Å². The normalized spacial score (nSPS) is 20.5. The van der Waals surface area contributed by atoms with Gasteiger partial charge in [-0.15, -0.1) is 12.4 Å². The molecule has 2 N–H and O–H groups in total. The van der Waals surface area contributed by atoms with Gasteiger partial charge in [0.1, 0.15) is 11.6 Å². The molecule has 0 spiro atoms. The summed E-state index contributed by atoms with van der Waals surface area (Å²) in [7, 11) is 0. The molecule has 130 valence electrons. The highest BCUT2D eigenvalue weighted by molar-refractivity contribution is 5.92. The molecule has 4 nitrogen and oxygen atoms in total. The number of nitrogens with two attached hydrogens (primary N) is 1. The molecular weight excluding hydrogens is 331 g/mol. The number of nitrogens with zero attached hydrogens (tertiary/aromatic N) is 1. The summed E-state index contributed by atoms with van der Waals surface area (Å²) >= 11 is 0. The molecule has 0 aliphatic carbocycles. The SMILES string of the molecule is CC1CCN(C(=O)c2ccc(-c3ccccc3F)o2)C(CN)C1.Cl. The van der Waals surface area contributed by atoms with E-state index in [0.29, 0.717) is 30.3 Å². The summed E-state index contributed by atoms with van der Waals surface area (Å²) in [6.07, 6.45) is 1.87. The molecule has 2 heterocycles. The molecule has 2 aromatic rings. The number of likely N-dealkylation sites (tertiary alicyclic amines) is 1. The summed E-state index contributed by atoms with van der Waals surface area (Å²) in [6.45, 7) is 3.29. The number of amides is 1. The van der Waals surface area contributed by atoms with Gasteiger partial charge in [-0.2, -0.15) is 0 Å². The molecule has 1 aromatic heterocycles. The van der Waals surface area contributed by atoms with Crippen molar-refractivity contribution in [2.45, 2.75) is 25.8 Å². The summed E-state index contributed by atoms with van der Waals surface area (Å²) < 4.78 is 19.4. The van der Waals surface area contributed by atoms with E-state index in [1.165, 1.54) is 6.07 Å². The van der Waals surface area contributed by atoms with Crippen molar-refractivity contribution >= 4 is 18.3 Å². The Balaban J connectivity index is 0.00000208. The number of rotatable bonds is 3. The van der Waals surface area contributed by atoms with Gasteiger partial charge in [0.15, 0.2) is 5.76 Å². The van der Waals surface area contributed by atoms with Crippen molar-refractivity contribution in [3.8, 4) is 11.3 Å². The molecule has 1 amide bonds. The molecule has 2 atom stereocenters. The lowest BCUT2D eigenvalue weighted by atomic mass is 9.92. The minimum atomic E-state index is -0.368. The third-order valence-electron chi connectivity index (χ3n) is 4.47. The second kappa shape index (κ2) is 7.81. The molecule has 6 heteroatoms. The van der Waals surface area contributed by atoms with Crippen LogP contribution in [0.5, 0.6) is 0 Å². The topological polar surface area (TPSA) is 59.5 Å². The van der Waals surface area contributed by atoms with Crippen LogP contribution in [0.15, 0.2) is 40.8 Å². The minimum Gasteiger partial charge on any atom is -0.451 e. The number of piperidine rings is 1. The highest BCUT2D eigenvalue weighted by Gasteiger charge is 2.31. The maximum absolute atomic E-state index is 13.8. The Hall–Kier alpha value is -1.85. The molecular formula is C18H22ClFN2O2. The Morgan fingerprint density at radius 1 is 1.33 bits per heavy atom. The number of carbonyl (C=O) groups excluding carboxylic acids is 1. The fourth-order valence-electron chi connectivity index (χ4n) is 3.14. The summed E-state index contributed by atoms with van der Waals surface area (Å²) in [6, 6.07) is 9.64. The number of hydrogen-bond acceptors (Lipinski definition) is 3. The third-order valence-corrected chi connectivity index (χ3v) is 4.47. The zero-order valence-corrected chi connectivity index (χ0v) is 14.4. The maximum Gasteiger partial charge on any atom is 0.289 e. The number of benzene rings is 1. The highest BCUT2D eigenvalue weighted by atomic mass is 35.5. The van der Waals surface area contributed by atoms with E-state index in [-0.39, 0.29) is 35.9 Å². The monoisotopic (exact) mass is 352 g/mol. The van der Waals surface area contributed by atoms with E-state index in [1.54, 1.807) is 35.2 Å². The van der Waals surface area contributed by atoms with Gasteiger partial charge in [-0.25, -0.2) is 4.39 Å². The Bertz CT molecular complexity index is 704.